The summed E-state index contributed by atoms with van der Waals surface area (Å²) in [4.78, 5) is 0. The molecule has 0 aliphatic carbocycles. The van der Waals surface area contributed by atoms with Gasteiger partial charge in [0.15, 0.2) is 0 Å². The van der Waals surface area contributed by atoms with Gasteiger partial charge in [0.05, 0.1) is 0 Å². The highest BCUT2D eigenvalue weighted by molar-refractivity contribution is 5.02. The van der Waals surface area contributed by atoms with Crippen LogP contribution in [-0.4, -0.2) is 60.7 Å². The van der Waals surface area contributed by atoms with Gasteiger partial charge in [0.2, 0.25) is 11.8 Å². The van der Waals surface area contributed by atoms with E-state index >= 15 is 0 Å². The van der Waals surface area contributed by atoms with Crippen molar-refractivity contribution in [3.05, 3.63) is 17.8 Å². The predicted molar refractivity (Wildman–Crippen MR) is 148 cm³/mol. The van der Waals surface area contributed by atoms with Gasteiger partial charge in [-0.3, -0.25) is 5.92 Å². The molecule has 0 aromatic carbocycles. The van der Waals surface area contributed by atoms with Crippen LogP contribution >= 0.6 is 0 Å². The third kappa shape index (κ3) is 30.3. The van der Waals surface area contributed by atoms with E-state index in [1.807, 2.05) is 0 Å². The van der Waals surface area contributed by atoms with Crippen molar-refractivity contribution in [2.24, 2.45) is 0 Å². The van der Waals surface area contributed by atoms with E-state index in [0.717, 1.165) is 0 Å². The van der Waals surface area contributed by atoms with Gasteiger partial charge in [0.1, 0.15) is 12.8 Å². The second-order valence-corrected chi connectivity index (χ2v) is 12.4. The largest absolute Gasteiger partial charge is 0.450 e. The minimum absolute atomic E-state index is 0.125. The first kappa shape index (κ1) is 58.5. The zero-order valence-corrected chi connectivity index (χ0v) is 29.2. The fourth-order valence-corrected chi connectivity index (χ4v) is 4.41. The summed E-state index contributed by atoms with van der Waals surface area (Å²) in [6.07, 6.45) is -47.8. The zero-order chi connectivity index (χ0) is 45.6. The summed E-state index contributed by atoms with van der Waals surface area (Å²) >= 11 is 0. The molecule has 56 heavy (non-hydrogen) atoms. The van der Waals surface area contributed by atoms with Crippen LogP contribution in [0.2, 0.25) is 0 Å². The number of alkyl halides is 26. The molecule has 0 nitrogen and oxygen atoms in total. The third-order valence-corrected chi connectivity index (χ3v) is 6.60. The van der Waals surface area contributed by atoms with Gasteiger partial charge in [0.25, 0.3) is 0 Å². The van der Waals surface area contributed by atoms with Gasteiger partial charge in [-0.2, -0.15) is 116 Å². The molecule has 0 amide bonds. The average molecular weight is 892 g/mol. The van der Waals surface area contributed by atoms with Crippen LogP contribution in [0.25, 0.3) is 0 Å². The summed E-state index contributed by atoms with van der Waals surface area (Å²) < 4.78 is 318. The van der Waals surface area contributed by atoms with Crippen molar-refractivity contribution in [2.75, 3.05) is 0 Å². The standard InChI is InChI=1S/C13H17F10.C10H11F10.C7H9F6/c1-2-3-4-9(5-10(14,15)7-12(18,19)20)6-11(16,17)8-13(21,22)23;1-2-3-6(4-7(11,12)9(15,16)17)5-8(13,14)10(18,19)20;1-2-5(3-6(8,9)10)4-7(11,12)13/h2-8H2,1H3;2-5H2,1H3;2-4H2,1H3/q3*-1. The van der Waals surface area contributed by atoms with E-state index in [-0.39, 0.29) is 25.7 Å². The predicted octanol–water partition coefficient (Wildman–Crippen LogP) is 16.1. The number of unbranched alkanes of at least 4 members (excludes halogenated alkanes) is 1. The van der Waals surface area contributed by atoms with Crippen molar-refractivity contribution >= 4 is 0 Å². The van der Waals surface area contributed by atoms with E-state index < -0.39 is 136 Å². The van der Waals surface area contributed by atoms with Crippen LogP contribution in [0.4, 0.5) is 114 Å². The molecule has 0 bridgehead atoms. The Hall–Kier alpha value is -1.82. The topological polar surface area (TPSA) is 0 Å². The molecule has 0 radical (unpaired) electrons. The normalized spacial score (nSPS) is 14.6. The smallest absolute Gasteiger partial charge is 0.302 e. The van der Waals surface area contributed by atoms with Gasteiger partial charge in [-0.15, -0.1) is 25.7 Å². The molecule has 0 aliphatic heterocycles. The Balaban J connectivity index is -0.000000781. The maximum Gasteiger partial charge on any atom is 0.450 e. The second-order valence-electron chi connectivity index (χ2n) is 12.4. The lowest BCUT2D eigenvalue weighted by Gasteiger charge is -2.37. The van der Waals surface area contributed by atoms with E-state index in [9.17, 15) is 114 Å². The van der Waals surface area contributed by atoms with Crippen molar-refractivity contribution in [1.82, 2.24) is 0 Å². The maximum absolute atomic E-state index is 13.3. The molecule has 0 saturated heterocycles. The number of rotatable bonds is 18. The quantitative estimate of drug-likeness (QED) is 0.0950. The fourth-order valence-electron chi connectivity index (χ4n) is 4.41. The van der Waals surface area contributed by atoms with Crippen LogP contribution in [0, 0.1) is 17.8 Å². The molecule has 0 fully saturated rings. The molecular formula is C30H37F26-3. The van der Waals surface area contributed by atoms with Gasteiger partial charge >= 0.3 is 48.9 Å². The van der Waals surface area contributed by atoms with Crippen molar-refractivity contribution in [3.8, 4) is 0 Å². The van der Waals surface area contributed by atoms with Gasteiger partial charge < -0.3 is 11.8 Å². The Morgan fingerprint density at radius 1 is 0.321 bits per heavy atom. The fraction of sp³-hybridized carbons (Fsp3) is 0.900. The highest BCUT2D eigenvalue weighted by atomic mass is 19.4. The summed E-state index contributed by atoms with van der Waals surface area (Å²) in [6, 6.07) is 0. The van der Waals surface area contributed by atoms with Gasteiger partial charge in [-0.05, 0) is 0 Å². The third-order valence-electron chi connectivity index (χ3n) is 6.60. The van der Waals surface area contributed by atoms with Crippen LogP contribution in [-0.2, 0) is 0 Å². The van der Waals surface area contributed by atoms with Crippen molar-refractivity contribution in [3.63, 3.8) is 0 Å². The van der Waals surface area contributed by atoms with Gasteiger partial charge in [0, 0.05) is 0 Å². The van der Waals surface area contributed by atoms with E-state index in [4.69, 9.17) is 0 Å². The van der Waals surface area contributed by atoms with Crippen LogP contribution in [0.1, 0.15) is 111 Å². The van der Waals surface area contributed by atoms with Crippen LogP contribution in [0.15, 0.2) is 0 Å². The van der Waals surface area contributed by atoms with Crippen LogP contribution in [0.3, 0.4) is 0 Å². The van der Waals surface area contributed by atoms with E-state index in [1.54, 1.807) is 6.92 Å². The van der Waals surface area contributed by atoms with E-state index in [1.165, 1.54) is 13.8 Å². The summed E-state index contributed by atoms with van der Waals surface area (Å²) in [5.41, 5.74) is 0. The molecular weight excluding hydrogens is 854 g/mol. The monoisotopic (exact) mass is 891 g/mol. The number of hydrogen-bond donors (Lipinski definition) is 0. The molecule has 0 aromatic rings. The van der Waals surface area contributed by atoms with Gasteiger partial charge in [-0.1, -0.05) is 52.9 Å². The Labute approximate surface area is 304 Å². The molecule has 0 atom stereocenters. The van der Waals surface area contributed by atoms with Crippen molar-refractivity contribution < 1.29 is 114 Å². The molecule has 0 spiro atoms. The lowest BCUT2D eigenvalue weighted by molar-refractivity contribution is -0.292. The minimum Gasteiger partial charge on any atom is -0.302 e. The molecule has 0 saturated carbocycles. The first-order valence-electron chi connectivity index (χ1n) is 15.8. The summed E-state index contributed by atoms with van der Waals surface area (Å²) in [5.74, 6) is -21.7. The highest BCUT2D eigenvalue weighted by Crippen LogP contribution is 2.48. The van der Waals surface area contributed by atoms with Crippen molar-refractivity contribution in [1.29, 1.82) is 0 Å². The first-order valence-corrected chi connectivity index (χ1v) is 15.8. The molecule has 26 heteroatoms. The lowest BCUT2D eigenvalue weighted by Crippen LogP contribution is -2.41. The molecule has 0 N–H and O–H groups in total. The minimum atomic E-state index is -6.00. The highest BCUT2D eigenvalue weighted by Gasteiger charge is 2.58. The average Bonchev–Trinajstić information content (AvgIpc) is 2.85. The number of halogens is 26. The van der Waals surface area contributed by atoms with Crippen LogP contribution < -0.4 is 0 Å². The van der Waals surface area contributed by atoms with Crippen molar-refractivity contribution in [2.45, 2.75) is 171 Å². The van der Waals surface area contributed by atoms with Gasteiger partial charge in [-0.25, -0.2) is 17.6 Å². The molecule has 0 unspecified atom stereocenters. The maximum atomic E-state index is 13.3. The Bertz CT molecular complexity index is 967. The molecule has 0 aromatic heterocycles. The van der Waals surface area contributed by atoms with Crippen LogP contribution in [0.5, 0.6) is 0 Å². The zero-order valence-electron chi connectivity index (χ0n) is 29.2. The second kappa shape index (κ2) is 22.0. The summed E-state index contributed by atoms with van der Waals surface area (Å²) in [5, 5.41) is 0. The summed E-state index contributed by atoms with van der Waals surface area (Å²) in [6.45, 7) is 4.13. The Morgan fingerprint density at radius 3 is 0.839 bits per heavy atom. The molecule has 342 valence electrons. The summed E-state index contributed by atoms with van der Waals surface area (Å²) in [7, 11) is 0. The Morgan fingerprint density at radius 2 is 0.625 bits per heavy atom. The van der Waals surface area contributed by atoms with E-state index in [0.29, 0.717) is 6.42 Å². The lowest BCUT2D eigenvalue weighted by atomic mass is 9.87. The SMILES string of the molecule is CCCC[C-](CC(F)(F)CC(F)(F)F)CC(F)(F)CC(F)(F)F.CCC[C-](CC(F)(F)C(F)(F)F)CC(F)(F)C(F)(F)F.CC[C-](CC(F)(F)F)CC(F)(F)F. The first-order chi connectivity index (χ1) is 24.3. The molecule has 0 heterocycles. The molecule has 0 aliphatic rings. The van der Waals surface area contributed by atoms with E-state index in [2.05, 4.69) is 0 Å². The number of hydrogen-bond acceptors (Lipinski definition) is 0. The molecule has 0 rings (SSSR count). The Kier molecular flexibility index (Phi) is 23.0.